The molecule has 1 aromatic rings. The standard InChI is InChI=1S/C14H18O4/c1-14(2)9-17-13(18-12(14)8-15)10-4-6-11(16-3)7-5-10/h4-8,12-13H,9H2,1-3H3. The van der Waals surface area contributed by atoms with Crippen molar-refractivity contribution in [2.24, 2.45) is 5.41 Å². The van der Waals surface area contributed by atoms with Crippen LogP contribution in [0.25, 0.3) is 0 Å². The fourth-order valence-corrected chi connectivity index (χ4v) is 1.88. The van der Waals surface area contributed by atoms with Gasteiger partial charge in [-0.3, -0.25) is 0 Å². The van der Waals surface area contributed by atoms with E-state index < -0.39 is 12.4 Å². The van der Waals surface area contributed by atoms with Crippen molar-refractivity contribution in [3.8, 4) is 5.75 Å². The molecule has 1 saturated heterocycles. The highest BCUT2D eigenvalue weighted by Crippen LogP contribution is 2.35. The topological polar surface area (TPSA) is 44.8 Å². The van der Waals surface area contributed by atoms with Gasteiger partial charge in [0.05, 0.1) is 13.7 Å². The first-order valence-corrected chi connectivity index (χ1v) is 5.93. The fraction of sp³-hybridized carbons (Fsp3) is 0.500. The van der Waals surface area contributed by atoms with Gasteiger partial charge in [0, 0.05) is 11.0 Å². The molecule has 0 aromatic heterocycles. The lowest BCUT2D eigenvalue weighted by atomic mass is 9.87. The average Bonchev–Trinajstić information content (AvgIpc) is 2.39. The van der Waals surface area contributed by atoms with Crippen LogP contribution in [0.1, 0.15) is 25.7 Å². The van der Waals surface area contributed by atoms with Crippen molar-refractivity contribution in [3.63, 3.8) is 0 Å². The van der Waals surface area contributed by atoms with Crippen LogP contribution in [0, 0.1) is 5.41 Å². The van der Waals surface area contributed by atoms with Gasteiger partial charge < -0.3 is 19.0 Å². The summed E-state index contributed by atoms with van der Waals surface area (Å²) >= 11 is 0. The lowest BCUT2D eigenvalue weighted by Gasteiger charge is -2.39. The van der Waals surface area contributed by atoms with E-state index in [9.17, 15) is 4.79 Å². The average molecular weight is 250 g/mol. The van der Waals surface area contributed by atoms with Gasteiger partial charge in [-0.1, -0.05) is 26.0 Å². The zero-order chi connectivity index (χ0) is 13.2. The predicted octanol–water partition coefficient (Wildman–Crippen LogP) is 2.33. The van der Waals surface area contributed by atoms with Gasteiger partial charge in [0.2, 0.25) is 0 Å². The number of rotatable bonds is 3. The van der Waals surface area contributed by atoms with Crippen molar-refractivity contribution < 1.29 is 19.0 Å². The number of carbonyl (C=O) groups excluding carboxylic acids is 1. The molecule has 98 valence electrons. The van der Waals surface area contributed by atoms with Crippen LogP contribution in [-0.4, -0.2) is 26.1 Å². The first-order chi connectivity index (χ1) is 8.56. The van der Waals surface area contributed by atoms with Crippen LogP contribution in [0.5, 0.6) is 5.75 Å². The summed E-state index contributed by atoms with van der Waals surface area (Å²) < 4.78 is 16.4. The van der Waals surface area contributed by atoms with Gasteiger partial charge in [-0.2, -0.15) is 0 Å². The summed E-state index contributed by atoms with van der Waals surface area (Å²) in [5.74, 6) is 0.779. The molecule has 0 spiro atoms. The zero-order valence-electron chi connectivity index (χ0n) is 10.9. The lowest BCUT2D eigenvalue weighted by Crippen LogP contribution is -2.43. The van der Waals surface area contributed by atoms with Crippen molar-refractivity contribution in [2.75, 3.05) is 13.7 Å². The number of benzene rings is 1. The Bertz CT molecular complexity index is 410. The molecule has 4 heteroatoms. The number of methoxy groups -OCH3 is 1. The maximum absolute atomic E-state index is 11.1. The SMILES string of the molecule is COc1ccc(C2OCC(C)(C)C(C=O)O2)cc1. The monoisotopic (exact) mass is 250 g/mol. The Hall–Kier alpha value is -1.39. The summed E-state index contributed by atoms with van der Waals surface area (Å²) in [6.07, 6.45) is -0.0866. The second-order valence-corrected chi connectivity index (χ2v) is 5.10. The number of hydrogen-bond donors (Lipinski definition) is 0. The van der Waals surface area contributed by atoms with Gasteiger partial charge >= 0.3 is 0 Å². The number of carbonyl (C=O) groups is 1. The molecule has 0 radical (unpaired) electrons. The quantitative estimate of drug-likeness (QED) is 0.772. The molecule has 2 atom stereocenters. The molecule has 0 saturated carbocycles. The van der Waals surface area contributed by atoms with Crippen LogP contribution >= 0.6 is 0 Å². The van der Waals surface area contributed by atoms with Gasteiger partial charge in [-0.25, -0.2) is 0 Å². The Balaban J connectivity index is 2.12. The highest BCUT2D eigenvalue weighted by Gasteiger charge is 2.38. The van der Waals surface area contributed by atoms with E-state index in [1.165, 1.54) is 0 Å². The lowest BCUT2D eigenvalue weighted by molar-refractivity contribution is -0.253. The van der Waals surface area contributed by atoms with Crippen molar-refractivity contribution in [3.05, 3.63) is 29.8 Å². The summed E-state index contributed by atoms with van der Waals surface area (Å²) in [7, 11) is 1.62. The molecule has 1 fully saturated rings. The summed E-state index contributed by atoms with van der Waals surface area (Å²) in [4.78, 5) is 11.1. The summed E-state index contributed by atoms with van der Waals surface area (Å²) in [5, 5.41) is 0. The van der Waals surface area contributed by atoms with E-state index in [0.717, 1.165) is 17.6 Å². The molecular formula is C14H18O4. The van der Waals surface area contributed by atoms with Crippen molar-refractivity contribution in [1.82, 2.24) is 0 Å². The van der Waals surface area contributed by atoms with Crippen LogP contribution in [0.2, 0.25) is 0 Å². The highest BCUT2D eigenvalue weighted by atomic mass is 16.7. The Morgan fingerprint density at radius 3 is 2.56 bits per heavy atom. The molecule has 1 aliphatic heterocycles. The summed E-state index contributed by atoms with van der Waals surface area (Å²) in [6, 6.07) is 7.45. The highest BCUT2D eigenvalue weighted by molar-refractivity contribution is 5.57. The minimum Gasteiger partial charge on any atom is -0.497 e. The van der Waals surface area contributed by atoms with Gasteiger partial charge in [-0.15, -0.1) is 0 Å². The Labute approximate surface area is 107 Å². The zero-order valence-corrected chi connectivity index (χ0v) is 10.9. The molecule has 4 nitrogen and oxygen atoms in total. The third-order valence-corrected chi connectivity index (χ3v) is 3.16. The Morgan fingerprint density at radius 2 is 2.00 bits per heavy atom. The van der Waals surface area contributed by atoms with Gasteiger partial charge in [0.25, 0.3) is 0 Å². The predicted molar refractivity (Wildman–Crippen MR) is 66.4 cm³/mol. The van der Waals surface area contributed by atoms with Crippen molar-refractivity contribution in [2.45, 2.75) is 26.2 Å². The third-order valence-electron chi connectivity index (χ3n) is 3.16. The molecule has 2 unspecified atom stereocenters. The van der Waals surface area contributed by atoms with Crippen molar-refractivity contribution in [1.29, 1.82) is 0 Å². The largest absolute Gasteiger partial charge is 0.497 e. The molecule has 0 N–H and O–H groups in total. The molecule has 18 heavy (non-hydrogen) atoms. The maximum Gasteiger partial charge on any atom is 0.184 e. The third kappa shape index (κ3) is 2.54. The maximum atomic E-state index is 11.1. The molecule has 1 aliphatic rings. The number of ether oxygens (including phenoxy) is 3. The first kappa shape index (κ1) is 13.1. The molecule has 1 aromatic carbocycles. The van der Waals surface area contributed by atoms with Crippen LogP contribution in [0.3, 0.4) is 0 Å². The van der Waals surface area contributed by atoms with E-state index in [4.69, 9.17) is 14.2 Å². The van der Waals surface area contributed by atoms with Crippen LogP contribution in [-0.2, 0) is 14.3 Å². The molecule has 0 amide bonds. The Kier molecular flexibility index (Phi) is 3.68. The van der Waals surface area contributed by atoms with Crippen molar-refractivity contribution >= 4 is 6.29 Å². The van der Waals surface area contributed by atoms with Crippen LogP contribution < -0.4 is 4.74 Å². The molecule has 0 bridgehead atoms. The molecule has 0 aliphatic carbocycles. The van der Waals surface area contributed by atoms with E-state index in [1.54, 1.807) is 7.11 Å². The van der Waals surface area contributed by atoms with Crippen LogP contribution in [0.4, 0.5) is 0 Å². The fourth-order valence-electron chi connectivity index (χ4n) is 1.88. The van der Waals surface area contributed by atoms with E-state index >= 15 is 0 Å². The Morgan fingerprint density at radius 1 is 1.33 bits per heavy atom. The van der Waals surface area contributed by atoms with Gasteiger partial charge in [0.1, 0.15) is 18.1 Å². The minimum absolute atomic E-state index is 0.287. The van der Waals surface area contributed by atoms with E-state index in [2.05, 4.69) is 0 Å². The minimum atomic E-state index is -0.487. The molecule has 2 rings (SSSR count). The van der Waals surface area contributed by atoms with E-state index in [0.29, 0.717) is 6.61 Å². The number of aldehydes is 1. The second kappa shape index (κ2) is 5.08. The second-order valence-electron chi connectivity index (χ2n) is 5.10. The summed E-state index contributed by atoms with van der Waals surface area (Å²) in [5.41, 5.74) is 0.600. The summed E-state index contributed by atoms with van der Waals surface area (Å²) in [6.45, 7) is 4.40. The van der Waals surface area contributed by atoms with Gasteiger partial charge in [-0.05, 0) is 12.1 Å². The van der Waals surface area contributed by atoms with E-state index in [1.807, 2.05) is 38.1 Å². The first-order valence-electron chi connectivity index (χ1n) is 5.93. The van der Waals surface area contributed by atoms with Crippen LogP contribution in [0.15, 0.2) is 24.3 Å². The molecule has 1 heterocycles. The number of hydrogen-bond acceptors (Lipinski definition) is 4. The van der Waals surface area contributed by atoms with E-state index in [-0.39, 0.29) is 5.41 Å². The normalized spacial score (nSPS) is 26.6. The smallest absolute Gasteiger partial charge is 0.184 e. The van der Waals surface area contributed by atoms with Gasteiger partial charge in [0.15, 0.2) is 6.29 Å². The molecular weight excluding hydrogens is 232 g/mol.